The zero-order valence-electron chi connectivity index (χ0n) is 14.3. The van der Waals surface area contributed by atoms with Crippen molar-refractivity contribution in [3.63, 3.8) is 0 Å². The molecule has 0 fully saturated rings. The lowest BCUT2D eigenvalue weighted by Gasteiger charge is -2.22. The Labute approximate surface area is 126 Å². The molecular formula is C19H33N. The van der Waals surface area contributed by atoms with Crippen LogP contribution in [0.3, 0.4) is 0 Å². The van der Waals surface area contributed by atoms with E-state index < -0.39 is 0 Å². The summed E-state index contributed by atoms with van der Waals surface area (Å²) in [7, 11) is 0. The van der Waals surface area contributed by atoms with Crippen molar-refractivity contribution in [2.75, 3.05) is 6.54 Å². The summed E-state index contributed by atoms with van der Waals surface area (Å²) in [5.74, 6) is 0.721. The van der Waals surface area contributed by atoms with Crippen LogP contribution in [0.15, 0.2) is 24.3 Å². The summed E-state index contributed by atoms with van der Waals surface area (Å²) >= 11 is 0. The second-order valence-corrected chi connectivity index (χ2v) is 7.25. The molecule has 0 spiro atoms. The SMILES string of the molecule is CCNC(CCCc1ccc(C(C)(C)C)cc1)C(C)C. The van der Waals surface area contributed by atoms with E-state index in [1.807, 2.05) is 0 Å². The molecule has 0 heterocycles. The lowest BCUT2D eigenvalue weighted by Crippen LogP contribution is -2.33. The highest BCUT2D eigenvalue weighted by Gasteiger charge is 2.13. The van der Waals surface area contributed by atoms with Crippen LogP contribution in [0.25, 0.3) is 0 Å². The van der Waals surface area contributed by atoms with Gasteiger partial charge in [0.15, 0.2) is 0 Å². The number of rotatable bonds is 7. The Morgan fingerprint density at radius 2 is 1.65 bits per heavy atom. The van der Waals surface area contributed by atoms with Crippen LogP contribution < -0.4 is 5.32 Å². The van der Waals surface area contributed by atoms with Crippen molar-refractivity contribution in [1.82, 2.24) is 5.32 Å². The lowest BCUT2D eigenvalue weighted by atomic mass is 9.86. The molecule has 0 aromatic heterocycles. The van der Waals surface area contributed by atoms with Gasteiger partial charge in [-0.1, -0.05) is 65.8 Å². The molecule has 1 N–H and O–H groups in total. The van der Waals surface area contributed by atoms with Crippen LogP contribution in [-0.2, 0) is 11.8 Å². The smallest absolute Gasteiger partial charge is 0.00900 e. The Morgan fingerprint density at radius 1 is 1.05 bits per heavy atom. The first kappa shape index (κ1) is 17.2. The maximum atomic E-state index is 3.60. The topological polar surface area (TPSA) is 12.0 Å². The average Bonchev–Trinajstić information content (AvgIpc) is 2.37. The molecule has 1 aromatic carbocycles. The number of hydrogen-bond donors (Lipinski definition) is 1. The summed E-state index contributed by atoms with van der Waals surface area (Å²) in [6.45, 7) is 14.7. The fraction of sp³-hybridized carbons (Fsp3) is 0.684. The van der Waals surface area contributed by atoms with Crippen LogP contribution in [0, 0.1) is 5.92 Å². The second-order valence-electron chi connectivity index (χ2n) is 7.25. The average molecular weight is 275 g/mol. The molecule has 0 aliphatic heterocycles. The standard InChI is InChI=1S/C19H33N/c1-7-20-18(15(2)3)10-8-9-16-11-13-17(14-12-16)19(4,5)6/h11-15,18,20H,7-10H2,1-6H3. The van der Waals surface area contributed by atoms with Crippen molar-refractivity contribution in [1.29, 1.82) is 0 Å². The van der Waals surface area contributed by atoms with Crippen LogP contribution >= 0.6 is 0 Å². The zero-order valence-corrected chi connectivity index (χ0v) is 14.3. The Kier molecular flexibility index (Phi) is 6.75. The highest BCUT2D eigenvalue weighted by molar-refractivity contribution is 5.27. The Balaban J connectivity index is 2.46. The van der Waals surface area contributed by atoms with Gasteiger partial charge in [-0.25, -0.2) is 0 Å². The molecule has 1 nitrogen and oxygen atoms in total. The molecule has 20 heavy (non-hydrogen) atoms. The molecule has 0 bridgehead atoms. The fourth-order valence-electron chi connectivity index (χ4n) is 2.63. The van der Waals surface area contributed by atoms with Crippen molar-refractivity contribution in [3.8, 4) is 0 Å². The van der Waals surface area contributed by atoms with Crippen molar-refractivity contribution in [2.45, 2.75) is 72.3 Å². The van der Waals surface area contributed by atoms with E-state index in [1.165, 1.54) is 30.4 Å². The molecule has 0 aliphatic carbocycles. The first-order valence-corrected chi connectivity index (χ1v) is 8.17. The van der Waals surface area contributed by atoms with E-state index in [1.54, 1.807) is 0 Å². The first-order valence-electron chi connectivity index (χ1n) is 8.17. The van der Waals surface area contributed by atoms with Gasteiger partial charge in [-0.3, -0.25) is 0 Å². The minimum Gasteiger partial charge on any atom is -0.314 e. The number of aryl methyl sites for hydroxylation is 1. The molecule has 114 valence electrons. The third-order valence-electron chi connectivity index (χ3n) is 4.07. The fourth-order valence-corrected chi connectivity index (χ4v) is 2.63. The molecule has 1 unspecified atom stereocenters. The minimum absolute atomic E-state index is 0.256. The van der Waals surface area contributed by atoms with E-state index in [4.69, 9.17) is 0 Å². The van der Waals surface area contributed by atoms with Gasteiger partial charge in [-0.15, -0.1) is 0 Å². The molecule has 0 aliphatic rings. The summed E-state index contributed by atoms with van der Waals surface area (Å²) in [4.78, 5) is 0. The lowest BCUT2D eigenvalue weighted by molar-refractivity contribution is 0.377. The van der Waals surface area contributed by atoms with E-state index in [2.05, 4.69) is 71.1 Å². The van der Waals surface area contributed by atoms with Gasteiger partial charge in [0, 0.05) is 6.04 Å². The van der Waals surface area contributed by atoms with Crippen LogP contribution in [-0.4, -0.2) is 12.6 Å². The monoisotopic (exact) mass is 275 g/mol. The van der Waals surface area contributed by atoms with Crippen molar-refractivity contribution >= 4 is 0 Å². The van der Waals surface area contributed by atoms with Crippen LogP contribution in [0.4, 0.5) is 0 Å². The quantitative estimate of drug-likeness (QED) is 0.743. The maximum Gasteiger partial charge on any atom is 0.00900 e. The van der Waals surface area contributed by atoms with Gasteiger partial charge in [0.2, 0.25) is 0 Å². The zero-order chi connectivity index (χ0) is 15.2. The van der Waals surface area contributed by atoms with Crippen LogP contribution in [0.1, 0.15) is 65.5 Å². The van der Waals surface area contributed by atoms with E-state index in [0.29, 0.717) is 6.04 Å². The summed E-state index contributed by atoms with van der Waals surface area (Å²) in [5.41, 5.74) is 3.15. The van der Waals surface area contributed by atoms with E-state index >= 15 is 0 Å². The minimum atomic E-state index is 0.256. The molecule has 1 aromatic rings. The normalized spacial score (nSPS) is 13.8. The maximum absolute atomic E-state index is 3.60. The van der Waals surface area contributed by atoms with Gasteiger partial charge < -0.3 is 5.32 Å². The molecule has 1 atom stereocenters. The Bertz CT molecular complexity index is 370. The van der Waals surface area contributed by atoms with Gasteiger partial charge in [0.1, 0.15) is 0 Å². The van der Waals surface area contributed by atoms with E-state index in [9.17, 15) is 0 Å². The Hall–Kier alpha value is -0.820. The van der Waals surface area contributed by atoms with Gasteiger partial charge >= 0.3 is 0 Å². The third kappa shape index (κ3) is 5.66. The van der Waals surface area contributed by atoms with E-state index in [0.717, 1.165) is 12.5 Å². The molecule has 0 amide bonds. The number of nitrogens with one attached hydrogen (secondary N) is 1. The molecule has 0 saturated carbocycles. The van der Waals surface area contributed by atoms with Gasteiger partial charge in [0.05, 0.1) is 0 Å². The van der Waals surface area contributed by atoms with Gasteiger partial charge in [-0.2, -0.15) is 0 Å². The Morgan fingerprint density at radius 3 is 2.10 bits per heavy atom. The molecule has 1 rings (SSSR count). The summed E-state index contributed by atoms with van der Waals surface area (Å²) in [6.07, 6.45) is 3.73. The molecule has 0 saturated heterocycles. The predicted octanol–water partition coefficient (Wildman–Crippen LogP) is 4.94. The van der Waals surface area contributed by atoms with Gasteiger partial charge in [-0.05, 0) is 48.3 Å². The highest BCUT2D eigenvalue weighted by Crippen LogP contribution is 2.22. The van der Waals surface area contributed by atoms with Gasteiger partial charge in [0.25, 0.3) is 0 Å². The van der Waals surface area contributed by atoms with Crippen molar-refractivity contribution < 1.29 is 0 Å². The molecular weight excluding hydrogens is 242 g/mol. The van der Waals surface area contributed by atoms with Crippen molar-refractivity contribution in [2.24, 2.45) is 5.92 Å². The number of hydrogen-bond acceptors (Lipinski definition) is 1. The van der Waals surface area contributed by atoms with Crippen molar-refractivity contribution in [3.05, 3.63) is 35.4 Å². The van der Waals surface area contributed by atoms with Crippen LogP contribution in [0.2, 0.25) is 0 Å². The summed E-state index contributed by atoms with van der Waals surface area (Å²) < 4.78 is 0. The molecule has 0 radical (unpaired) electrons. The van der Waals surface area contributed by atoms with Crippen LogP contribution in [0.5, 0.6) is 0 Å². The largest absolute Gasteiger partial charge is 0.314 e. The summed E-state index contributed by atoms with van der Waals surface area (Å²) in [6, 6.07) is 9.85. The summed E-state index contributed by atoms with van der Waals surface area (Å²) in [5, 5.41) is 3.60. The third-order valence-corrected chi connectivity index (χ3v) is 4.07. The first-order chi connectivity index (χ1) is 9.34. The predicted molar refractivity (Wildman–Crippen MR) is 90.4 cm³/mol. The molecule has 1 heteroatoms. The van der Waals surface area contributed by atoms with E-state index in [-0.39, 0.29) is 5.41 Å². The highest BCUT2D eigenvalue weighted by atomic mass is 14.9. The second kappa shape index (κ2) is 7.83. The number of benzene rings is 1.